The van der Waals surface area contributed by atoms with Gasteiger partial charge in [0.15, 0.2) is 0 Å². The zero-order chi connectivity index (χ0) is 35.8. The molecule has 47 heavy (non-hydrogen) atoms. The number of nitrogens with one attached hydrogen (secondary N) is 6. The van der Waals surface area contributed by atoms with Crippen molar-refractivity contribution < 1.29 is 58.8 Å². The van der Waals surface area contributed by atoms with Crippen LogP contribution >= 0.6 is 21.6 Å². The molecule has 7 atom stereocenters. The lowest BCUT2D eigenvalue weighted by Gasteiger charge is -2.26. The van der Waals surface area contributed by atoms with Crippen LogP contribution in [-0.2, 0) is 38.4 Å². The Morgan fingerprint density at radius 3 is 1.70 bits per heavy atom. The number of carbonyl (C=O) groups excluding carboxylic acids is 6. The molecule has 0 saturated carbocycles. The number of hydrogen-bond acceptors (Lipinski definition) is 13. The van der Waals surface area contributed by atoms with Gasteiger partial charge >= 0.3 is 11.9 Å². The molecule has 1 aliphatic rings. The first kappa shape index (κ1) is 41.4. The molecule has 0 aliphatic carbocycles. The van der Waals surface area contributed by atoms with Crippen molar-refractivity contribution in [2.24, 2.45) is 11.7 Å². The standard InChI is InChI=1S/C26H43N7O12S2/c1-11(2)6-15-23(41)33-18(26(44)45)10-47-46-9-13(27)21(39)28-12(3)20(38)31-16(7-34)24(42)29-14(4-5-19(36)37)22(40)32-17(8-35)25(43)30-15/h11-18,34-35H,4-10,27H2,1-3H3,(H,28,39)(H,29,42)(H,30,43)(H,31,38)(H,32,40)(H,33,41)(H,36,37)(H,44,45)/t12-,13-,14-,15-,16-,17-,18-/m0/s1. The summed E-state index contributed by atoms with van der Waals surface area (Å²) in [6.07, 6.45) is -1.11. The lowest BCUT2D eigenvalue weighted by atomic mass is 10.0. The second-order valence-corrected chi connectivity index (χ2v) is 13.5. The maximum atomic E-state index is 13.1. The van der Waals surface area contributed by atoms with Gasteiger partial charge in [-0.15, -0.1) is 0 Å². The first-order chi connectivity index (χ1) is 22.0. The molecule has 0 aromatic carbocycles. The lowest BCUT2D eigenvalue weighted by Crippen LogP contribution is -2.60. The van der Waals surface area contributed by atoms with Gasteiger partial charge in [-0.1, -0.05) is 35.4 Å². The van der Waals surface area contributed by atoms with E-state index in [1.807, 2.05) is 0 Å². The first-order valence-electron chi connectivity index (χ1n) is 14.5. The summed E-state index contributed by atoms with van der Waals surface area (Å²) in [5.41, 5.74) is 5.89. The molecule has 1 heterocycles. The third-order valence-corrected chi connectivity index (χ3v) is 8.97. The number of nitrogens with two attached hydrogens (primary N) is 1. The fourth-order valence-corrected chi connectivity index (χ4v) is 6.17. The normalized spacial score (nSPS) is 28.2. The van der Waals surface area contributed by atoms with Crippen molar-refractivity contribution in [2.45, 2.75) is 82.3 Å². The summed E-state index contributed by atoms with van der Waals surface area (Å²) in [6, 6.07) is -10.1. The van der Waals surface area contributed by atoms with E-state index < -0.39 is 116 Å². The molecule has 1 aliphatic heterocycles. The van der Waals surface area contributed by atoms with Gasteiger partial charge in [-0.3, -0.25) is 33.6 Å². The van der Waals surface area contributed by atoms with Crippen molar-refractivity contribution in [3.63, 3.8) is 0 Å². The van der Waals surface area contributed by atoms with Gasteiger partial charge in [-0.2, -0.15) is 0 Å². The Kier molecular flexibility index (Phi) is 18.1. The summed E-state index contributed by atoms with van der Waals surface area (Å²) >= 11 is 0. The Balaban J connectivity index is 3.43. The van der Waals surface area contributed by atoms with Crippen LogP contribution in [0.1, 0.15) is 40.0 Å². The lowest BCUT2D eigenvalue weighted by molar-refractivity contribution is -0.142. The second-order valence-electron chi connectivity index (χ2n) is 11.0. The zero-order valence-electron chi connectivity index (χ0n) is 26.0. The van der Waals surface area contributed by atoms with Crippen LogP contribution in [0.5, 0.6) is 0 Å². The van der Waals surface area contributed by atoms with E-state index in [4.69, 9.17) is 10.8 Å². The summed E-state index contributed by atoms with van der Waals surface area (Å²) in [7, 11) is 2.02. The third-order valence-electron chi connectivity index (χ3n) is 6.52. The molecule has 6 amide bonds. The van der Waals surface area contributed by atoms with Gasteiger partial charge in [0, 0.05) is 17.9 Å². The molecule has 0 bridgehead atoms. The van der Waals surface area contributed by atoms with Crippen molar-refractivity contribution >= 4 is 69.0 Å². The molecule has 1 fully saturated rings. The van der Waals surface area contributed by atoms with Gasteiger partial charge in [0.05, 0.1) is 19.3 Å². The van der Waals surface area contributed by atoms with Crippen molar-refractivity contribution in [1.29, 1.82) is 0 Å². The molecule has 12 N–H and O–H groups in total. The maximum absolute atomic E-state index is 13.1. The average molecular weight is 710 g/mol. The first-order valence-corrected chi connectivity index (χ1v) is 17.0. The van der Waals surface area contributed by atoms with Crippen LogP contribution in [0.2, 0.25) is 0 Å². The van der Waals surface area contributed by atoms with Gasteiger partial charge in [-0.05, 0) is 25.7 Å². The molecule has 266 valence electrons. The van der Waals surface area contributed by atoms with Crippen LogP contribution in [0.3, 0.4) is 0 Å². The van der Waals surface area contributed by atoms with Crippen molar-refractivity contribution in [1.82, 2.24) is 31.9 Å². The number of aliphatic hydroxyl groups is 2. The van der Waals surface area contributed by atoms with E-state index >= 15 is 0 Å². The highest BCUT2D eigenvalue weighted by molar-refractivity contribution is 8.76. The van der Waals surface area contributed by atoms with Gasteiger partial charge in [0.1, 0.15) is 36.3 Å². The van der Waals surface area contributed by atoms with Crippen LogP contribution in [0.25, 0.3) is 0 Å². The number of aliphatic carboxylic acids is 2. The minimum Gasteiger partial charge on any atom is -0.481 e. The van der Waals surface area contributed by atoms with Crippen molar-refractivity contribution in [3.8, 4) is 0 Å². The zero-order valence-corrected chi connectivity index (χ0v) is 27.7. The quantitative estimate of drug-likeness (QED) is 0.106. The Labute approximate surface area is 278 Å². The maximum Gasteiger partial charge on any atom is 0.327 e. The smallest absolute Gasteiger partial charge is 0.327 e. The summed E-state index contributed by atoms with van der Waals surface area (Å²) in [4.78, 5) is 101. The molecule has 1 rings (SSSR count). The molecular weight excluding hydrogens is 666 g/mol. The number of carbonyl (C=O) groups is 8. The van der Waals surface area contributed by atoms with E-state index in [1.54, 1.807) is 13.8 Å². The SMILES string of the molecule is CC(C)C[C@@H]1NC(=O)[C@H](CO)NC(=O)[C@H](CCC(=O)O)NC(=O)[C@H](CO)NC(=O)[C@H](C)NC(=O)[C@@H](N)CSSC[C@@H](C(=O)O)NC1=O. The second kappa shape index (κ2) is 20.5. The Morgan fingerprint density at radius 2 is 1.19 bits per heavy atom. The van der Waals surface area contributed by atoms with Gasteiger partial charge < -0.3 is 58.1 Å². The predicted octanol–water partition coefficient (Wildman–Crippen LogP) is -4.38. The van der Waals surface area contributed by atoms with Crippen LogP contribution in [-0.4, -0.2) is 135 Å². The van der Waals surface area contributed by atoms with E-state index in [0.29, 0.717) is 0 Å². The number of rotatable bonds is 8. The molecule has 21 heteroatoms. The molecule has 0 spiro atoms. The number of carboxylic acid groups (broad SMARTS) is 2. The average Bonchev–Trinajstić information content (AvgIpc) is 2.99. The topological polar surface area (TPSA) is 316 Å². The molecule has 19 nitrogen and oxygen atoms in total. The fraction of sp³-hybridized carbons (Fsp3) is 0.692. The van der Waals surface area contributed by atoms with Crippen molar-refractivity contribution in [2.75, 3.05) is 24.7 Å². The van der Waals surface area contributed by atoms with Gasteiger partial charge in [0.25, 0.3) is 0 Å². The number of aliphatic hydroxyl groups excluding tert-OH is 2. The van der Waals surface area contributed by atoms with Crippen LogP contribution in [0.15, 0.2) is 0 Å². The molecule has 0 unspecified atom stereocenters. The summed E-state index contributed by atoms with van der Waals surface area (Å²) in [5, 5.41) is 52.1. The van der Waals surface area contributed by atoms with Gasteiger partial charge in [-0.25, -0.2) is 4.79 Å². The minimum absolute atomic E-state index is 0.0276. The number of hydrogen-bond donors (Lipinski definition) is 11. The van der Waals surface area contributed by atoms with Crippen LogP contribution in [0, 0.1) is 5.92 Å². The Hall–Kier alpha value is -3.66. The summed E-state index contributed by atoms with van der Waals surface area (Å²) < 4.78 is 0. The van der Waals surface area contributed by atoms with E-state index in [1.165, 1.54) is 6.92 Å². The van der Waals surface area contributed by atoms with Gasteiger partial charge in [0.2, 0.25) is 35.4 Å². The third kappa shape index (κ3) is 14.8. The van der Waals surface area contributed by atoms with Crippen LogP contribution < -0.4 is 37.6 Å². The molecule has 0 aromatic heterocycles. The highest BCUT2D eigenvalue weighted by Gasteiger charge is 2.33. The monoisotopic (exact) mass is 709 g/mol. The predicted molar refractivity (Wildman–Crippen MR) is 168 cm³/mol. The summed E-state index contributed by atoms with van der Waals surface area (Å²) in [5.74, 6) is -8.92. The van der Waals surface area contributed by atoms with Crippen molar-refractivity contribution in [3.05, 3.63) is 0 Å². The summed E-state index contributed by atoms with van der Waals surface area (Å²) in [6.45, 7) is 2.78. The fourth-order valence-electron chi connectivity index (χ4n) is 3.89. The number of amides is 6. The van der Waals surface area contributed by atoms with E-state index in [2.05, 4.69) is 31.9 Å². The Morgan fingerprint density at radius 1 is 0.723 bits per heavy atom. The molecular formula is C26H43N7O12S2. The van der Waals surface area contributed by atoms with Crippen LogP contribution in [0.4, 0.5) is 0 Å². The van der Waals surface area contributed by atoms with E-state index in [-0.39, 0.29) is 23.8 Å². The highest BCUT2D eigenvalue weighted by Crippen LogP contribution is 2.23. The minimum atomic E-state index is -1.69. The number of carboxylic acids is 2. The van der Waals surface area contributed by atoms with E-state index in [0.717, 1.165) is 21.6 Å². The molecule has 0 aromatic rings. The molecule has 0 radical (unpaired) electrons. The highest BCUT2D eigenvalue weighted by atomic mass is 33.1. The van der Waals surface area contributed by atoms with E-state index in [9.17, 15) is 53.7 Å². The Bertz CT molecular complexity index is 1160. The molecule has 1 saturated heterocycles. The largest absolute Gasteiger partial charge is 0.481 e.